The second-order valence-corrected chi connectivity index (χ2v) is 14.9. The first kappa shape index (κ1) is 40.5. The molecule has 1 fully saturated rings. The van der Waals surface area contributed by atoms with E-state index in [0.29, 0.717) is 6.61 Å². The van der Waals surface area contributed by atoms with Crippen molar-refractivity contribution < 1.29 is 23.5 Å². The highest BCUT2D eigenvalue weighted by atomic mass is 32.2. The summed E-state index contributed by atoms with van der Waals surface area (Å²) in [5.41, 5.74) is -0.614. The molecule has 43 heavy (non-hydrogen) atoms. The number of methoxy groups -OCH3 is 1. The Morgan fingerprint density at radius 2 is 1.28 bits per heavy atom. The maximum Gasteiger partial charge on any atom is 0.409 e. The van der Waals surface area contributed by atoms with Crippen molar-refractivity contribution in [2.75, 3.05) is 72.3 Å². The highest BCUT2D eigenvalue weighted by molar-refractivity contribution is 7.99. The maximum atomic E-state index is 12.5. The molecular formula is C36H73N2O4S+. The third kappa shape index (κ3) is 22.6. The van der Waals surface area contributed by atoms with Gasteiger partial charge in [0.15, 0.2) is 0 Å². The Bertz CT molecular complexity index is 647. The summed E-state index contributed by atoms with van der Waals surface area (Å²) in [6, 6.07) is 0. The van der Waals surface area contributed by atoms with Gasteiger partial charge in [-0.15, -0.1) is 0 Å². The third-order valence-corrected chi connectivity index (χ3v) is 10.5. The van der Waals surface area contributed by atoms with Crippen molar-refractivity contribution in [3.05, 3.63) is 0 Å². The first-order chi connectivity index (χ1) is 20.8. The topological polar surface area (TPSA) is 48.0 Å². The van der Waals surface area contributed by atoms with Crippen LogP contribution in [0.3, 0.4) is 0 Å². The molecule has 1 heterocycles. The van der Waals surface area contributed by atoms with Gasteiger partial charge in [-0.05, 0) is 32.6 Å². The lowest BCUT2D eigenvalue weighted by Gasteiger charge is -2.28. The summed E-state index contributed by atoms with van der Waals surface area (Å²) in [5, 5.41) is 0. The molecule has 1 amide bonds. The summed E-state index contributed by atoms with van der Waals surface area (Å²) in [6.07, 6.45) is 27.6. The molecule has 1 saturated heterocycles. The van der Waals surface area contributed by atoms with E-state index in [-0.39, 0.29) is 12.7 Å². The molecule has 1 aliphatic rings. The standard InChI is InChI=1S/C36H73N2O4S/c1-6-7-8-9-10-11-12-13-14-15-16-17-18-19-21-24-27-37(3)35(39)42-33-36(2,40-5)32-41-30-26-23-20-22-25-28-38(4)29-31-43-34-38/h6-34H2,1-5H3/q+1. The summed E-state index contributed by atoms with van der Waals surface area (Å²) < 4.78 is 18.4. The van der Waals surface area contributed by atoms with Gasteiger partial charge in [0.25, 0.3) is 0 Å². The van der Waals surface area contributed by atoms with Crippen molar-refractivity contribution in [1.82, 2.24) is 4.90 Å². The molecule has 1 aliphatic heterocycles. The Kier molecular flexibility index (Phi) is 25.2. The molecule has 0 spiro atoms. The van der Waals surface area contributed by atoms with E-state index in [0.717, 1.165) is 26.0 Å². The van der Waals surface area contributed by atoms with Crippen molar-refractivity contribution >= 4 is 17.9 Å². The van der Waals surface area contributed by atoms with Gasteiger partial charge in [-0.3, -0.25) is 0 Å². The average Bonchev–Trinajstić information content (AvgIpc) is 3.44. The third-order valence-electron chi connectivity index (χ3n) is 9.22. The molecule has 0 aliphatic carbocycles. The van der Waals surface area contributed by atoms with Crippen LogP contribution in [0.15, 0.2) is 0 Å². The monoisotopic (exact) mass is 630 g/mol. The van der Waals surface area contributed by atoms with Gasteiger partial charge in [0.2, 0.25) is 0 Å². The molecule has 2 unspecified atom stereocenters. The van der Waals surface area contributed by atoms with Gasteiger partial charge in [0.1, 0.15) is 18.1 Å². The molecule has 0 radical (unpaired) electrons. The van der Waals surface area contributed by atoms with Gasteiger partial charge < -0.3 is 23.6 Å². The van der Waals surface area contributed by atoms with Gasteiger partial charge in [-0.1, -0.05) is 128 Å². The van der Waals surface area contributed by atoms with E-state index in [9.17, 15) is 4.79 Å². The molecule has 0 N–H and O–H groups in total. The fraction of sp³-hybridized carbons (Fsp3) is 0.972. The highest BCUT2D eigenvalue weighted by Gasteiger charge is 2.28. The van der Waals surface area contributed by atoms with Gasteiger partial charge in [0, 0.05) is 33.1 Å². The summed E-state index contributed by atoms with van der Waals surface area (Å²) in [4.78, 5) is 14.2. The van der Waals surface area contributed by atoms with Crippen LogP contribution in [0.25, 0.3) is 0 Å². The second kappa shape index (κ2) is 26.7. The van der Waals surface area contributed by atoms with Crippen LogP contribution >= 0.6 is 11.8 Å². The van der Waals surface area contributed by atoms with Crippen LogP contribution in [-0.4, -0.2) is 93.4 Å². The molecule has 0 aromatic heterocycles. The molecule has 256 valence electrons. The molecule has 0 saturated carbocycles. The van der Waals surface area contributed by atoms with Crippen molar-refractivity contribution in [3.8, 4) is 0 Å². The van der Waals surface area contributed by atoms with E-state index in [1.165, 1.54) is 151 Å². The molecule has 6 nitrogen and oxygen atoms in total. The Hall–Kier alpha value is -0.500. The van der Waals surface area contributed by atoms with Crippen LogP contribution in [0.5, 0.6) is 0 Å². The van der Waals surface area contributed by atoms with Gasteiger partial charge in [-0.2, -0.15) is 0 Å². The first-order valence-corrected chi connectivity index (χ1v) is 19.4. The second-order valence-electron chi connectivity index (χ2n) is 13.9. The van der Waals surface area contributed by atoms with Crippen LogP contribution in [0.2, 0.25) is 0 Å². The molecule has 1 rings (SSSR count). The lowest BCUT2D eigenvalue weighted by atomic mass is 10.0. The summed E-state index contributed by atoms with van der Waals surface area (Å²) >= 11 is 2.09. The zero-order valence-electron chi connectivity index (χ0n) is 29.4. The number of hydrogen-bond acceptors (Lipinski definition) is 5. The van der Waals surface area contributed by atoms with Crippen LogP contribution in [-0.2, 0) is 14.2 Å². The molecular weight excluding hydrogens is 556 g/mol. The number of quaternary nitrogens is 1. The van der Waals surface area contributed by atoms with Gasteiger partial charge in [-0.25, -0.2) is 4.79 Å². The number of rotatable bonds is 30. The number of carbonyl (C=O) groups is 1. The number of ether oxygens (including phenoxy) is 3. The minimum Gasteiger partial charge on any atom is -0.446 e. The maximum absolute atomic E-state index is 12.5. The Morgan fingerprint density at radius 3 is 1.79 bits per heavy atom. The minimum absolute atomic E-state index is 0.209. The first-order valence-electron chi connectivity index (χ1n) is 18.3. The lowest BCUT2D eigenvalue weighted by molar-refractivity contribution is -0.890. The van der Waals surface area contributed by atoms with E-state index < -0.39 is 5.60 Å². The molecule has 0 aromatic carbocycles. The zero-order chi connectivity index (χ0) is 31.5. The smallest absolute Gasteiger partial charge is 0.409 e. The van der Waals surface area contributed by atoms with Crippen molar-refractivity contribution in [2.45, 2.75) is 154 Å². The quantitative estimate of drug-likeness (QED) is 0.0585. The minimum atomic E-state index is -0.614. The van der Waals surface area contributed by atoms with Gasteiger partial charge >= 0.3 is 6.09 Å². The van der Waals surface area contributed by atoms with E-state index in [4.69, 9.17) is 14.2 Å². The molecule has 0 aromatic rings. The average molecular weight is 630 g/mol. The summed E-state index contributed by atoms with van der Waals surface area (Å²) in [6.45, 7) is 9.02. The lowest BCUT2D eigenvalue weighted by Crippen LogP contribution is -2.41. The Balaban J connectivity index is 1.93. The predicted molar refractivity (Wildman–Crippen MR) is 186 cm³/mol. The van der Waals surface area contributed by atoms with Crippen molar-refractivity contribution in [1.29, 1.82) is 0 Å². The van der Waals surface area contributed by atoms with E-state index in [1.807, 2.05) is 14.0 Å². The molecule has 0 bridgehead atoms. The fourth-order valence-corrected chi connectivity index (χ4v) is 7.20. The predicted octanol–water partition coefficient (Wildman–Crippen LogP) is 9.84. The molecule has 7 heteroatoms. The SMILES string of the molecule is CCCCCCCCCCCCCCCCCCN(C)C(=O)OCC(C)(COCCCCCCC[N+]1(C)CCSC1)OC. The molecule has 2 atom stereocenters. The zero-order valence-corrected chi connectivity index (χ0v) is 30.3. The number of hydrogen-bond donors (Lipinski definition) is 0. The van der Waals surface area contributed by atoms with Crippen LogP contribution in [0.1, 0.15) is 149 Å². The fourth-order valence-electron chi connectivity index (χ4n) is 5.80. The summed E-state index contributed by atoms with van der Waals surface area (Å²) in [5.74, 6) is 2.61. The number of nitrogens with zero attached hydrogens (tertiary/aromatic N) is 2. The van der Waals surface area contributed by atoms with Crippen LogP contribution in [0.4, 0.5) is 4.79 Å². The van der Waals surface area contributed by atoms with Gasteiger partial charge in [0.05, 0.1) is 26.7 Å². The van der Waals surface area contributed by atoms with Crippen molar-refractivity contribution in [2.24, 2.45) is 0 Å². The van der Waals surface area contributed by atoms with E-state index in [1.54, 1.807) is 12.0 Å². The number of amides is 1. The number of thioether (sulfide) groups is 1. The van der Waals surface area contributed by atoms with E-state index >= 15 is 0 Å². The largest absolute Gasteiger partial charge is 0.446 e. The summed E-state index contributed by atoms with van der Waals surface area (Å²) in [7, 11) is 5.90. The number of carbonyl (C=O) groups excluding carboxylic acids is 1. The Labute approximate surface area is 272 Å². The Morgan fingerprint density at radius 1 is 0.767 bits per heavy atom. The highest BCUT2D eigenvalue weighted by Crippen LogP contribution is 2.22. The normalized spacial score (nSPS) is 18.2. The van der Waals surface area contributed by atoms with Crippen LogP contribution in [0, 0.1) is 0 Å². The van der Waals surface area contributed by atoms with E-state index in [2.05, 4.69) is 25.7 Å². The van der Waals surface area contributed by atoms with Crippen molar-refractivity contribution in [3.63, 3.8) is 0 Å². The van der Waals surface area contributed by atoms with Crippen LogP contribution < -0.4 is 0 Å². The number of unbranched alkanes of at least 4 members (excludes halogenated alkanes) is 19.